The summed E-state index contributed by atoms with van der Waals surface area (Å²) in [7, 11) is 2.20. The largest absolute Gasteiger partial charge is 0.303 e. The summed E-state index contributed by atoms with van der Waals surface area (Å²) >= 11 is 4.37. The summed E-state index contributed by atoms with van der Waals surface area (Å²) in [4.78, 5) is 2.43. The van der Waals surface area contributed by atoms with Crippen LogP contribution in [-0.2, 0) is 0 Å². The van der Waals surface area contributed by atoms with Gasteiger partial charge in [0.15, 0.2) is 0 Å². The van der Waals surface area contributed by atoms with Crippen molar-refractivity contribution in [3.8, 4) is 0 Å². The zero-order valence-corrected chi connectivity index (χ0v) is 10.9. The van der Waals surface area contributed by atoms with Crippen LogP contribution < -0.4 is 0 Å². The van der Waals surface area contributed by atoms with Crippen LogP contribution in [0.5, 0.6) is 0 Å². The van der Waals surface area contributed by atoms with E-state index in [2.05, 4.69) is 59.2 Å². The zero-order valence-electron chi connectivity index (χ0n) is 9.96. The van der Waals surface area contributed by atoms with Crippen molar-refractivity contribution in [3.05, 3.63) is 0 Å². The molecule has 0 N–H and O–H groups in total. The molecule has 0 aromatic rings. The number of thiol groups is 1. The molecule has 0 rings (SSSR count). The van der Waals surface area contributed by atoms with Crippen LogP contribution in [0.3, 0.4) is 0 Å². The maximum absolute atomic E-state index is 4.37. The summed E-state index contributed by atoms with van der Waals surface area (Å²) in [5.74, 6) is 1.67. The van der Waals surface area contributed by atoms with E-state index in [9.17, 15) is 0 Å². The highest BCUT2D eigenvalue weighted by Crippen LogP contribution is 2.20. The first-order valence-corrected chi connectivity index (χ1v) is 5.74. The van der Waals surface area contributed by atoms with Gasteiger partial charge in [0.25, 0.3) is 0 Å². The van der Waals surface area contributed by atoms with Gasteiger partial charge in [-0.3, -0.25) is 0 Å². The third kappa shape index (κ3) is 4.92. The molecule has 0 radical (unpaired) electrons. The predicted octanol–water partition coefficient (Wildman–Crippen LogP) is 2.92. The predicted molar refractivity (Wildman–Crippen MR) is 64.6 cm³/mol. The lowest BCUT2D eigenvalue weighted by Gasteiger charge is -2.34. The Bertz CT molecular complexity index is 143. The fourth-order valence-electron chi connectivity index (χ4n) is 1.38. The number of hydrogen-bond acceptors (Lipinski definition) is 2. The Morgan fingerprint density at radius 3 is 2.00 bits per heavy atom. The summed E-state index contributed by atoms with van der Waals surface area (Å²) in [6.45, 7) is 12.5. The van der Waals surface area contributed by atoms with Crippen molar-refractivity contribution >= 4 is 12.6 Å². The average Bonchev–Trinajstić information content (AvgIpc) is 2.02. The Balaban J connectivity index is 4.06. The van der Waals surface area contributed by atoms with Crippen molar-refractivity contribution < 1.29 is 0 Å². The van der Waals surface area contributed by atoms with E-state index in [1.807, 2.05) is 0 Å². The van der Waals surface area contributed by atoms with Crippen LogP contribution in [0.15, 0.2) is 0 Å². The second kappa shape index (κ2) is 5.26. The number of rotatable bonds is 5. The molecule has 0 heterocycles. The molecule has 0 saturated heterocycles. The Morgan fingerprint density at radius 1 is 1.23 bits per heavy atom. The van der Waals surface area contributed by atoms with E-state index < -0.39 is 0 Å². The van der Waals surface area contributed by atoms with E-state index in [1.54, 1.807) is 0 Å². The van der Waals surface area contributed by atoms with Gasteiger partial charge in [-0.1, -0.05) is 27.7 Å². The van der Waals surface area contributed by atoms with E-state index in [1.165, 1.54) is 0 Å². The molecule has 0 bridgehead atoms. The summed E-state index contributed by atoms with van der Waals surface area (Å²) in [6.07, 6.45) is 0. The molecule has 0 spiro atoms. The standard InChI is InChI=1S/C11H25NS/c1-9(2)10(3)12(6)7-11(4,5)8-13/h9-10,13H,7-8H2,1-6H3. The minimum atomic E-state index is 0.320. The lowest BCUT2D eigenvalue weighted by Crippen LogP contribution is -2.40. The summed E-state index contributed by atoms with van der Waals surface area (Å²) in [5, 5.41) is 0. The highest BCUT2D eigenvalue weighted by Gasteiger charge is 2.22. The molecule has 0 fully saturated rings. The monoisotopic (exact) mass is 203 g/mol. The van der Waals surface area contributed by atoms with E-state index >= 15 is 0 Å². The smallest absolute Gasteiger partial charge is 0.00871 e. The van der Waals surface area contributed by atoms with Crippen LogP contribution in [0.25, 0.3) is 0 Å². The summed E-state index contributed by atoms with van der Waals surface area (Å²) < 4.78 is 0. The van der Waals surface area contributed by atoms with Gasteiger partial charge in [0, 0.05) is 12.6 Å². The second-order valence-corrected chi connectivity index (χ2v) is 5.54. The fraction of sp³-hybridized carbons (Fsp3) is 1.00. The molecule has 1 nitrogen and oxygen atoms in total. The van der Waals surface area contributed by atoms with E-state index in [-0.39, 0.29) is 0 Å². The number of nitrogens with zero attached hydrogens (tertiary/aromatic N) is 1. The molecule has 0 aromatic heterocycles. The molecular formula is C11H25NS. The highest BCUT2D eigenvalue weighted by atomic mass is 32.1. The van der Waals surface area contributed by atoms with Crippen LogP contribution in [0, 0.1) is 11.3 Å². The van der Waals surface area contributed by atoms with Gasteiger partial charge in [0.2, 0.25) is 0 Å². The van der Waals surface area contributed by atoms with E-state index in [0.717, 1.165) is 18.2 Å². The molecular weight excluding hydrogens is 178 g/mol. The Labute approximate surface area is 89.3 Å². The van der Waals surface area contributed by atoms with Crippen LogP contribution in [0.1, 0.15) is 34.6 Å². The summed E-state index contributed by atoms with van der Waals surface area (Å²) in [6, 6.07) is 0.652. The van der Waals surface area contributed by atoms with Gasteiger partial charge in [-0.05, 0) is 31.1 Å². The first kappa shape index (κ1) is 13.3. The molecule has 0 aliphatic carbocycles. The lowest BCUT2D eigenvalue weighted by atomic mass is 9.94. The third-order valence-corrected chi connectivity index (χ3v) is 3.62. The first-order valence-electron chi connectivity index (χ1n) is 5.11. The maximum atomic E-state index is 4.37. The van der Waals surface area contributed by atoms with Crippen molar-refractivity contribution in [3.63, 3.8) is 0 Å². The molecule has 0 saturated carbocycles. The van der Waals surface area contributed by atoms with Crippen LogP contribution in [0.4, 0.5) is 0 Å². The van der Waals surface area contributed by atoms with Gasteiger partial charge in [-0.15, -0.1) is 0 Å². The van der Waals surface area contributed by atoms with Crippen molar-refractivity contribution in [2.75, 3.05) is 19.3 Å². The van der Waals surface area contributed by atoms with Gasteiger partial charge in [0.05, 0.1) is 0 Å². The molecule has 0 aromatic carbocycles. The van der Waals surface area contributed by atoms with Gasteiger partial charge in [0.1, 0.15) is 0 Å². The Hall–Kier alpha value is 0.310. The lowest BCUT2D eigenvalue weighted by molar-refractivity contribution is 0.153. The molecule has 0 aliphatic heterocycles. The first-order chi connectivity index (χ1) is 5.80. The minimum absolute atomic E-state index is 0.320. The zero-order chi connectivity index (χ0) is 10.6. The van der Waals surface area contributed by atoms with Crippen LogP contribution in [-0.4, -0.2) is 30.3 Å². The highest BCUT2D eigenvalue weighted by molar-refractivity contribution is 7.80. The summed E-state index contributed by atoms with van der Waals surface area (Å²) in [5.41, 5.74) is 0.320. The molecule has 80 valence electrons. The van der Waals surface area contributed by atoms with Gasteiger partial charge in [-0.2, -0.15) is 12.6 Å². The van der Waals surface area contributed by atoms with E-state index in [0.29, 0.717) is 11.5 Å². The molecule has 1 unspecified atom stereocenters. The van der Waals surface area contributed by atoms with Crippen LogP contribution in [0.2, 0.25) is 0 Å². The topological polar surface area (TPSA) is 3.24 Å². The normalized spacial score (nSPS) is 15.5. The van der Waals surface area contributed by atoms with Gasteiger partial charge < -0.3 is 4.90 Å². The Morgan fingerprint density at radius 2 is 1.69 bits per heavy atom. The minimum Gasteiger partial charge on any atom is -0.303 e. The molecule has 13 heavy (non-hydrogen) atoms. The van der Waals surface area contributed by atoms with E-state index in [4.69, 9.17) is 0 Å². The van der Waals surface area contributed by atoms with Gasteiger partial charge in [-0.25, -0.2) is 0 Å². The van der Waals surface area contributed by atoms with Crippen LogP contribution >= 0.6 is 12.6 Å². The van der Waals surface area contributed by atoms with Crippen molar-refractivity contribution in [1.29, 1.82) is 0 Å². The fourth-order valence-corrected chi connectivity index (χ4v) is 1.48. The number of hydrogen-bond donors (Lipinski definition) is 1. The van der Waals surface area contributed by atoms with Crippen molar-refractivity contribution in [2.45, 2.75) is 40.7 Å². The molecule has 1 atom stereocenters. The second-order valence-electron chi connectivity index (χ2n) is 5.22. The maximum Gasteiger partial charge on any atom is 0.00871 e. The quantitative estimate of drug-likeness (QED) is 0.672. The SMILES string of the molecule is CC(C)C(C)N(C)CC(C)(C)CS. The average molecular weight is 203 g/mol. The van der Waals surface area contributed by atoms with Crippen molar-refractivity contribution in [2.24, 2.45) is 11.3 Å². The van der Waals surface area contributed by atoms with Crippen molar-refractivity contribution in [1.82, 2.24) is 4.90 Å². The Kier molecular flexibility index (Phi) is 5.38. The third-order valence-electron chi connectivity index (χ3n) is 2.77. The molecule has 0 amide bonds. The molecule has 0 aliphatic rings. The molecule has 2 heteroatoms. The van der Waals surface area contributed by atoms with Gasteiger partial charge >= 0.3 is 0 Å².